The maximum Gasteiger partial charge on any atom is 0.0705 e. The van der Waals surface area contributed by atoms with Crippen LogP contribution in [0.1, 0.15) is 37.4 Å². The molecular weight excluding hydrogens is 212 g/mol. The average molecular weight is 234 g/mol. The van der Waals surface area contributed by atoms with E-state index in [9.17, 15) is 0 Å². The summed E-state index contributed by atoms with van der Waals surface area (Å²) in [4.78, 5) is 5.57. The molecule has 0 fully saturated rings. The molecular formula is C14H22N2O. The largest absolute Gasteiger partial charge is 0.313 e. The highest BCUT2D eigenvalue weighted by Crippen LogP contribution is 2.23. The summed E-state index contributed by atoms with van der Waals surface area (Å²) < 4.78 is 0. The number of benzene rings is 1. The van der Waals surface area contributed by atoms with Crippen LogP contribution in [0.25, 0.3) is 0 Å². The lowest BCUT2D eigenvalue weighted by molar-refractivity contribution is -0.00106. The normalized spacial score (nSPS) is 20.1. The van der Waals surface area contributed by atoms with Gasteiger partial charge in [0.1, 0.15) is 0 Å². The summed E-state index contributed by atoms with van der Waals surface area (Å²) in [5, 5.41) is 3.44. The first-order chi connectivity index (χ1) is 8.27. The van der Waals surface area contributed by atoms with E-state index in [0.29, 0.717) is 12.0 Å². The molecule has 3 nitrogen and oxygen atoms in total. The quantitative estimate of drug-likeness (QED) is 0.785. The van der Waals surface area contributed by atoms with E-state index in [-0.39, 0.29) is 0 Å². The van der Waals surface area contributed by atoms with Gasteiger partial charge in [0, 0.05) is 6.54 Å². The molecule has 1 heterocycles. The lowest BCUT2D eigenvalue weighted by Crippen LogP contribution is -2.25. The van der Waals surface area contributed by atoms with E-state index in [4.69, 9.17) is 4.84 Å². The molecule has 1 aromatic rings. The molecule has 0 saturated carbocycles. The van der Waals surface area contributed by atoms with Crippen LogP contribution in [-0.4, -0.2) is 13.2 Å². The van der Waals surface area contributed by atoms with Gasteiger partial charge in [-0.1, -0.05) is 38.1 Å². The van der Waals surface area contributed by atoms with E-state index in [0.717, 1.165) is 26.1 Å². The maximum atomic E-state index is 5.57. The zero-order valence-corrected chi connectivity index (χ0v) is 10.7. The number of hydroxylamine groups is 1. The second-order valence-corrected chi connectivity index (χ2v) is 5.04. The van der Waals surface area contributed by atoms with E-state index < -0.39 is 0 Å². The van der Waals surface area contributed by atoms with E-state index >= 15 is 0 Å². The van der Waals surface area contributed by atoms with Crippen molar-refractivity contribution in [2.75, 3.05) is 13.2 Å². The zero-order valence-electron chi connectivity index (χ0n) is 10.7. The molecule has 0 spiro atoms. The third-order valence-corrected chi connectivity index (χ3v) is 3.00. The number of fused-ring (bicyclic) bond motifs is 1. The van der Waals surface area contributed by atoms with Crippen LogP contribution < -0.4 is 10.8 Å². The summed E-state index contributed by atoms with van der Waals surface area (Å²) in [5.41, 5.74) is 5.94. The van der Waals surface area contributed by atoms with Gasteiger partial charge in [-0.2, -0.15) is 5.48 Å². The molecule has 1 aromatic carbocycles. The molecule has 1 atom stereocenters. The molecule has 17 heavy (non-hydrogen) atoms. The van der Waals surface area contributed by atoms with Crippen LogP contribution in [0.3, 0.4) is 0 Å². The minimum Gasteiger partial charge on any atom is -0.313 e. The minimum absolute atomic E-state index is 0.306. The predicted molar refractivity (Wildman–Crippen MR) is 69.4 cm³/mol. The molecule has 0 saturated heterocycles. The van der Waals surface area contributed by atoms with Crippen LogP contribution in [0, 0.1) is 5.92 Å². The Morgan fingerprint density at radius 1 is 1.41 bits per heavy atom. The summed E-state index contributed by atoms with van der Waals surface area (Å²) in [6.45, 7) is 7.05. The van der Waals surface area contributed by atoms with Crippen LogP contribution in [0.5, 0.6) is 0 Å². The van der Waals surface area contributed by atoms with Gasteiger partial charge in [0.05, 0.1) is 12.6 Å². The zero-order chi connectivity index (χ0) is 12.1. The highest BCUT2D eigenvalue weighted by atomic mass is 16.6. The highest BCUT2D eigenvalue weighted by molar-refractivity contribution is 5.30. The SMILES string of the molecule is CC(C)CONC1CCNCc2ccccc21. The number of hydrogen-bond acceptors (Lipinski definition) is 3. The molecule has 3 heteroatoms. The Morgan fingerprint density at radius 3 is 3.06 bits per heavy atom. The van der Waals surface area contributed by atoms with Crippen molar-refractivity contribution in [1.29, 1.82) is 0 Å². The molecule has 2 rings (SSSR count). The van der Waals surface area contributed by atoms with Gasteiger partial charge in [-0.25, -0.2) is 0 Å². The monoisotopic (exact) mass is 234 g/mol. The Morgan fingerprint density at radius 2 is 2.24 bits per heavy atom. The highest BCUT2D eigenvalue weighted by Gasteiger charge is 2.17. The van der Waals surface area contributed by atoms with Crippen LogP contribution in [0.2, 0.25) is 0 Å². The summed E-state index contributed by atoms with van der Waals surface area (Å²) in [5.74, 6) is 0.557. The number of hydrogen-bond donors (Lipinski definition) is 2. The third-order valence-electron chi connectivity index (χ3n) is 3.00. The van der Waals surface area contributed by atoms with Crippen molar-refractivity contribution >= 4 is 0 Å². The summed E-state index contributed by atoms with van der Waals surface area (Å²) in [6, 6.07) is 8.88. The van der Waals surface area contributed by atoms with E-state index in [1.807, 2.05) is 0 Å². The van der Waals surface area contributed by atoms with Crippen molar-refractivity contribution in [3.05, 3.63) is 35.4 Å². The fourth-order valence-corrected chi connectivity index (χ4v) is 2.10. The van der Waals surface area contributed by atoms with Gasteiger partial charge in [-0.15, -0.1) is 0 Å². The molecule has 1 aliphatic heterocycles. The lowest BCUT2D eigenvalue weighted by Gasteiger charge is -2.19. The Balaban J connectivity index is 2.01. The topological polar surface area (TPSA) is 33.3 Å². The molecule has 2 N–H and O–H groups in total. The fraction of sp³-hybridized carbons (Fsp3) is 0.571. The Bertz CT molecular complexity index is 352. The molecule has 0 radical (unpaired) electrons. The van der Waals surface area contributed by atoms with Gasteiger partial charge < -0.3 is 10.2 Å². The fourth-order valence-electron chi connectivity index (χ4n) is 2.10. The number of nitrogens with one attached hydrogen (secondary N) is 2. The van der Waals surface area contributed by atoms with Gasteiger partial charge in [-0.3, -0.25) is 0 Å². The summed E-state index contributed by atoms with van der Waals surface area (Å²) in [6.07, 6.45) is 1.06. The van der Waals surface area contributed by atoms with Crippen molar-refractivity contribution < 1.29 is 4.84 Å². The second-order valence-electron chi connectivity index (χ2n) is 5.04. The minimum atomic E-state index is 0.306. The van der Waals surface area contributed by atoms with Crippen molar-refractivity contribution in [3.8, 4) is 0 Å². The summed E-state index contributed by atoms with van der Waals surface area (Å²) in [7, 11) is 0. The molecule has 94 valence electrons. The van der Waals surface area contributed by atoms with Crippen LogP contribution in [-0.2, 0) is 11.4 Å². The Hall–Kier alpha value is -0.900. The van der Waals surface area contributed by atoms with Crippen molar-refractivity contribution in [2.45, 2.75) is 32.9 Å². The van der Waals surface area contributed by atoms with Crippen LogP contribution >= 0.6 is 0 Å². The second kappa shape index (κ2) is 6.15. The van der Waals surface area contributed by atoms with Crippen molar-refractivity contribution in [3.63, 3.8) is 0 Å². The summed E-state index contributed by atoms with van der Waals surface area (Å²) >= 11 is 0. The Labute approximate surface area is 104 Å². The van der Waals surface area contributed by atoms with Gasteiger partial charge in [-0.05, 0) is 30.0 Å². The molecule has 1 unspecified atom stereocenters. The molecule has 1 aliphatic rings. The first kappa shape index (κ1) is 12.6. The van der Waals surface area contributed by atoms with E-state index in [1.165, 1.54) is 11.1 Å². The van der Waals surface area contributed by atoms with Gasteiger partial charge in [0.15, 0.2) is 0 Å². The van der Waals surface area contributed by atoms with Gasteiger partial charge in [0.25, 0.3) is 0 Å². The predicted octanol–water partition coefficient (Wildman–Crippen LogP) is 2.40. The Kier molecular flexibility index (Phi) is 4.54. The van der Waals surface area contributed by atoms with Gasteiger partial charge in [0.2, 0.25) is 0 Å². The first-order valence-electron chi connectivity index (χ1n) is 6.43. The standard InChI is InChI=1S/C14H22N2O/c1-11(2)10-17-16-14-7-8-15-9-12-5-3-4-6-13(12)14/h3-6,11,14-16H,7-10H2,1-2H3. The lowest BCUT2D eigenvalue weighted by atomic mass is 10.0. The number of rotatable bonds is 4. The van der Waals surface area contributed by atoms with Gasteiger partial charge >= 0.3 is 0 Å². The van der Waals surface area contributed by atoms with Crippen LogP contribution in [0.4, 0.5) is 0 Å². The van der Waals surface area contributed by atoms with E-state index in [2.05, 4.69) is 48.9 Å². The van der Waals surface area contributed by atoms with Crippen molar-refractivity contribution in [2.24, 2.45) is 5.92 Å². The molecule has 0 aromatic heterocycles. The molecule has 0 amide bonds. The first-order valence-corrected chi connectivity index (χ1v) is 6.43. The molecule has 0 aliphatic carbocycles. The third kappa shape index (κ3) is 3.53. The van der Waals surface area contributed by atoms with Crippen LogP contribution in [0.15, 0.2) is 24.3 Å². The van der Waals surface area contributed by atoms with Crippen molar-refractivity contribution in [1.82, 2.24) is 10.8 Å². The molecule has 0 bridgehead atoms. The smallest absolute Gasteiger partial charge is 0.0705 e. The average Bonchev–Trinajstić information content (AvgIpc) is 2.52. The maximum absolute atomic E-state index is 5.57. The van der Waals surface area contributed by atoms with E-state index in [1.54, 1.807) is 0 Å².